The predicted molar refractivity (Wildman–Crippen MR) is 121 cm³/mol. The molecule has 0 bridgehead atoms. The van der Waals surface area contributed by atoms with Crippen molar-refractivity contribution in [1.82, 2.24) is 34.3 Å². The van der Waals surface area contributed by atoms with Gasteiger partial charge in [-0.05, 0) is 42.8 Å². The van der Waals surface area contributed by atoms with E-state index in [1.165, 1.54) is 0 Å². The highest BCUT2D eigenvalue weighted by Gasteiger charge is 2.10. The molecule has 0 saturated heterocycles. The van der Waals surface area contributed by atoms with Crippen molar-refractivity contribution in [2.24, 2.45) is 7.05 Å². The molecule has 0 aliphatic heterocycles. The first-order chi connectivity index (χ1) is 15.7. The molecule has 160 valence electrons. The molecule has 4 aromatic heterocycles. The third kappa shape index (κ3) is 4.00. The zero-order valence-corrected chi connectivity index (χ0v) is 17.8. The summed E-state index contributed by atoms with van der Waals surface area (Å²) >= 11 is 0. The molecule has 32 heavy (non-hydrogen) atoms. The van der Waals surface area contributed by atoms with E-state index in [0.717, 1.165) is 39.9 Å². The van der Waals surface area contributed by atoms with Gasteiger partial charge in [0.2, 0.25) is 5.95 Å². The van der Waals surface area contributed by atoms with Gasteiger partial charge >= 0.3 is 0 Å². The Bertz CT molecular complexity index is 1360. The lowest BCUT2D eigenvalue weighted by molar-refractivity contribution is 0.340. The third-order valence-corrected chi connectivity index (χ3v) is 5.09. The van der Waals surface area contributed by atoms with E-state index in [4.69, 9.17) is 4.74 Å². The zero-order chi connectivity index (χ0) is 21.9. The molecule has 4 heterocycles. The van der Waals surface area contributed by atoms with Crippen LogP contribution < -0.4 is 10.1 Å². The molecule has 1 N–H and O–H groups in total. The van der Waals surface area contributed by atoms with Crippen molar-refractivity contribution in [1.29, 1.82) is 0 Å². The fourth-order valence-electron chi connectivity index (χ4n) is 3.46. The molecule has 5 rings (SSSR count). The van der Waals surface area contributed by atoms with E-state index in [-0.39, 0.29) is 0 Å². The van der Waals surface area contributed by atoms with E-state index >= 15 is 0 Å². The Morgan fingerprint density at radius 2 is 1.88 bits per heavy atom. The Hall–Kier alpha value is -4.27. The summed E-state index contributed by atoms with van der Waals surface area (Å²) in [6, 6.07) is 15.8. The molecule has 0 radical (unpaired) electrons. The number of aryl methyl sites for hydroxylation is 1. The van der Waals surface area contributed by atoms with Crippen molar-refractivity contribution in [3.05, 3.63) is 78.5 Å². The molecule has 0 aliphatic carbocycles. The van der Waals surface area contributed by atoms with Crippen molar-refractivity contribution in [3.8, 4) is 17.0 Å². The molecular weight excluding hydrogens is 404 g/mol. The van der Waals surface area contributed by atoms with Gasteiger partial charge in [0, 0.05) is 37.5 Å². The zero-order valence-electron chi connectivity index (χ0n) is 17.8. The first kappa shape index (κ1) is 19.7. The lowest BCUT2D eigenvalue weighted by atomic mass is 10.1. The molecule has 0 fully saturated rings. The summed E-state index contributed by atoms with van der Waals surface area (Å²) in [7, 11) is 1.86. The molecule has 0 saturated carbocycles. The molecule has 1 aromatic carbocycles. The number of rotatable bonds is 7. The van der Waals surface area contributed by atoms with Crippen LogP contribution in [0.1, 0.15) is 18.3 Å². The topological polar surface area (TPSA) is 95.0 Å². The van der Waals surface area contributed by atoms with Gasteiger partial charge in [0.15, 0.2) is 5.65 Å². The number of nitrogens with one attached hydrogen (secondary N) is 1. The summed E-state index contributed by atoms with van der Waals surface area (Å²) in [5.74, 6) is 3.06. The van der Waals surface area contributed by atoms with E-state index < -0.39 is 0 Å². The second-order valence-corrected chi connectivity index (χ2v) is 7.24. The number of nitrogens with zero attached hydrogens (tertiary/aromatic N) is 7. The summed E-state index contributed by atoms with van der Waals surface area (Å²) in [5.41, 5.74) is 3.65. The van der Waals surface area contributed by atoms with E-state index in [2.05, 4.69) is 42.7 Å². The monoisotopic (exact) mass is 426 g/mol. The van der Waals surface area contributed by atoms with Gasteiger partial charge in [-0.2, -0.15) is 5.10 Å². The number of ether oxygens (including phenoxy) is 1. The summed E-state index contributed by atoms with van der Waals surface area (Å²) in [4.78, 5) is 8.94. The summed E-state index contributed by atoms with van der Waals surface area (Å²) < 4.78 is 9.23. The highest BCUT2D eigenvalue weighted by Crippen LogP contribution is 2.22. The van der Waals surface area contributed by atoms with Crippen LogP contribution in [0.5, 0.6) is 5.75 Å². The fourth-order valence-corrected chi connectivity index (χ4v) is 3.46. The second-order valence-electron chi connectivity index (χ2n) is 7.24. The number of pyridine rings is 1. The van der Waals surface area contributed by atoms with Gasteiger partial charge in [-0.25, -0.2) is 9.97 Å². The molecule has 9 heteroatoms. The Kier molecular flexibility index (Phi) is 5.20. The second kappa shape index (κ2) is 8.46. The van der Waals surface area contributed by atoms with Crippen molar-refractivity contribution in [2.45, 2.75) is 13.3 Å². The maximum Gasteiger partial charge on any atom is 0.228 e. The minimum Gasteiger partial charge on any atom is -0.494 e. The average molecular weight is 426 g/mol. The van der Waals surface area contributed by atoms with Crippen molar-refractivity contribution in [3.63, 3.8) is 0 Å². The lowest BCUT2D eigenvalue weighted by Crippen LogP contribution is -2.03. The van der Waals surface area contributed by atoms with Gasteiger partial charge < -0.3 is 10.1 Å². The molecular formula is C23H22N8O. The van der Waals surface area contributed by atoms with E-state index in [9.17, 15) is 0 Å². The molecule has 9 nitrogen and oxygen atoms in total. The number of anilines is 2. The molecule has 0 unspecified atom stereocenters. The smallest absolute Gasteiger partial charge is 0.228 e. The molecule has 0 atom stereocenters. The van der Waals surface area contributed by atoms with Crippen LogP contribution in [0.25, 0.3) is 16.9 Å². The number of aromatic nitrogens is 7. The number of hydrogen-bond donors (Lipinski definition) is 1. The minimum atomic E-state index is 0.503. The highest BCUT2D eigenvalue weighted by molar-refractivity contribution is 5.65. The minimum absolute atomic E-state index is 0.503. The molecule has 0 amide bonds. The van der Waals surface area contributed by atoms with Crippen molar-refractivity contribution >= 4 is 17.4 Å². The van der Waals surface area contributed by atoms with E-state index in [1.54, 1.807) is 17.1 Å². The van der Waals surface area contributed by atoms with Gasteiger partial charge in [0.05, 0.1) is 18.5 Å². The quantitative estimate of drug-likeness (QED) is 0.424. The third-order valence-electron chi connectivity index (χ3n) is 5.09. The van der Waals surface area contributed by atoms with Crippen LogP contribution in [0.3, 0.4) is 0 Å². The number of benzene rings is 1. The maximum absolute atomic E-state index is 5.51. The number of hydrogen-bond acceptors (Lipinski definition) is 7. The predicted octanol–water partition coefficient (Wildman–Crippen LogP) is 3.65. The average Bonchev–Trinajstić information content (AvgIpc) is 3.41. The van der Waals surface area contributed by atoms with Gasteiger partial charge in [-0.3, -0.25) is 9.08 Å². The largest absolute Gasteiger partial charge is 0.494 e. The molecule has 0 aliphatic rings. The SMILES string of the molecule is CCOc1ccc(Cc2nnc3cc(-c4ccnc(Nc5ccnn5C)n4)ccn23)cc1. The van der Waals surface area contributed by atoms with Gasteiger partial charge in [-0.1, -0.05) is 12.1 Å². The van der Waals surface area contributed by atoms with E-state index in [1.807, 2.05) is 61.0 Å². The summed E-state index contributed by atoms with van der Waals surface area (Å²) in [6.07, 6.45) is 6.10. The lowest BCUT2D eigenvalue weighted by Gasteiger charge is -2.07. The first-order valence-corrected chi connectivity index (χ1v) is 10.3. The van der Waals surface area contributed by atoms with Crippen LogP contribution in [-0.4, -0.2) is 41.0 Å². The Morgan fingerprint density at radius 3 is 2.66 bits per heavy atom. The Morgan fingerprint density at radius 1 is 1.00 bits per heavy atom. The van der Waals surface area contributed by atoms with Crippen LogP contribution in [0.2, 0.25) is 0 Å². The summed E-state index contributed by atoms with van der Waals surface area (Å²) in [5, 5.41) is 16.1. The van der Waals surface area contributed by atoms with Crippen LogP contribution in [0.15, 0.2) is 67.1 Å². The molecule has 0 spiro atoms. The first-order valence-electron chi connectivity index (χ1n) is 10.3. The van der Waals surface area contributed by atoms with Crippen molar-refractivity contribution < 1.29 is 4.74 Å². The fraction of sp³-hybridized carbons (Fsp3) is 0.174. The standard InChI is InChI=1S/C23H22N8O/c1-3-32-18-6-4-16(5-7-18)14-21-28-29-22-15-17(10-13-31(21)22)19-8-11-24-23(26-19)27-20-9-12-25-30(20)2/h4-13,15H,3,14H2,1-2H3,(H,24,26,27). The van der Waals surface area contributed by atoms with Crippen molar-refractivity contribution in [2.75, 3.05) is 11.9 Å². The van der Waals surface area contributed by atoms with Gasteiger partial charge in [-0.15, -0.1) is 10.2 Å². The van der Waals surface area contributed by atoms with Crippen LogP contribution in [0, 0.1) is 0 Å². The van der Waals surface area contributed by atoms with Crippen LogP contribution in [0.4, 0.5) is 11.8 Å². The van der Waals surface area contributed by atoms with E-state index in [0.29, 0.717) is 19.0 Å². The molecule has 5 aromatic rings. The normalized spacial score (nSPS) is 11.1. The highest BCUT2D eigenvalue weighted by atomic mass is 16.5. The van der Waals surface area contributed by atoms with Gasteiger partial charge in [0.25, 0.3) is 0 Å². The van der Waals surface area contributed by atoms with Crippen LogP contribution in [-0.2, 0) is 13.5 Å². The Labute approximate surface area is 184 Å². The van der Waals surface area contributed by atoms with Crippen LogP contribution >= 0.6 is 0 Å². The number of fused-ring (bicyclic) bond motifs is 1. The summed E-state index contributed by atoms with van der Waals surface area (Å²) in [6.45, 7) is 2.63. The maximum atomic E-state index is 5.51. The Balaban J connectivity index is 1.38. The van der Waals surface area contributed by atoms with Gasteiger partial charge in [0.1, 0.15) is 17.4 Å².